The van der Waals surface area contributed by atoms with Gasteiger partial charge in [-0.1, -0.05) is 99.5 Å². The van der Waals surface area contributed by atoms with Crippen LogP contribution < -0.4 is 81.8 Å². The largest absolute Gasteiger partial charge is 0.480 e. The van der Waals surface area contributed by atoms with Crippen molar-refractivity contribution in [2.75, 3.05) is 26.2 Å². The van der Waals surface area contributed by atoms with Crippen LogP contribution in [0, 0.1) is 16.7 Å². The molecule has 0 saturated carbocycles. The third-order valence-corrected chi connectivity index (χ3v) is 18.8. The molecule has 0 fully saturated rings. The van der Waals surface area contributed by atoms with E-state index >= 15 is 19.2 Å². The maximum atomic E-state index is 15.8. The van der Waals surface area contributed by atoms with E-state index in [1.165, 1.54) is 0 Å². The first-order valence-corrected chi connectivity index (χ1v) is 35.7. The molecule has 10 atom stereocenters. The molecule has 8 amide bonds. The fourth-order valence-corrected chi connectivity index (χ4v) is 12.8. The summed E-state index contributed by atoms with van der Waals surface area (Å²) < 4.78 is 0. The molecule has 0 saturated heterocycles. The molecule has 0 radical (unpaired) electrons. The highest BCUT2D eigenvalue weighted by Crippen LogP contribution is 2.25. The average molecular weight is 1440 g/mol. The third-order valence-electron chi connectivity index (χ3n) is 18.8. The van der Waals surface area contributed by atoms with E-state index in [1.54, 1.807) is 37.8 Å². The Morgan fingerprint density at radius 1 is 0.400 bits per heavy atom. The Morgan fingerprint density at radius 3 is 1.03 bits per heavy atom. The van der Waals surface area contributed by atoms with Gasteiger partial charge in [-0.2, -0.15) is 0 Å². The summed E-state index contributed by atoms with van der Waals surface area (Å²) in [6, 6.07) is 17.2. The number of carboxylic acids is 1. The molecule has 31 nitrogen and oxygen atoms in total. The van der Waals surface area contributed by atoms with E-state index in [2.05, 4.69) is 73.1 Å². The lowest BCUT2D eigenvalue weighted by Crippen LogP contribution is -2.61. The average Bonchev–Trinajstić information content (AvgIpc) is 1.46. The first-order valence-electron chi connectivity index (χ1n) is 35.7. The summed E-state index contributed by atoms with van der Waals surface area (Å²) in [7, 11) is 0. The molecule has 31 heteroatoms. The quantitative estimate of drug-likeness (QED) is 0.0148. The Bertz CT molecular complexity index is 4300. The van der Waals surface area contributed by atoms with E-state index in [9.17, 15) is 29.1 Å². The smallest absolute Gasteiger partial charge is 0.326 e. The molecule has 105 heavy (non-hydrogen) atoms. The van der Waals surface area contributed by atoms with Crippen LogP contribution in [0.1, 0.15) is 107 Å². The van der Waals surface area contributed by atoms with Crippen molar-refractivity contribution in [2.45, 2.75) is 165 Å². The number of hydrogen-bond acceptors (Lipinski definition) is 14. The van der Waals surface area contributed by atoms with Crippen molar-refractivity contribution in [3.05, 3.63) is 144 Å². The molecule has 4 aromatic heterocycles. The number of H-pyrrole nitrogens is 4. The Kier molecular flexibility index (Phi) is 29.8. The molecule has 8 aromatic rings. The molecular weight excluding hydrogens is 1340 g/mol. The highest BCUT2D eigenvalue weighted by Gasteiger charge is 2.37. The normalized spacial score (nSPS) is 14.3. The van der Waals surface area contributed by atoms with Crippen molar-refractivity contribution in [1.29, 1.82) is 10.8 Å². The molecule has 0 aliphatic rings. The van der Waals surface area contributed by atoms with E-state index in [4.69, 9.17) is 39.5 Å². The molecule has 0 aliphatic carbocycles. The highest BCUT2D eigenvalue weighted by molar-refractivity contribution is 6.00. The lowest BCUT2D eigenvalue weighted by atomic mass is 9.96. The second-order valence-corrected chi connectivity index (χ2v) is 26.5. The van der Waals surface area contributed by atoms with Crippen molar-refractivity contribution in [3.63, 3.8) is 0 Å². The zero-order valence-electron chi connectivity index (χ0n) is 59.3. The summed E-state index contributed by atoms with van der Waals surface area (Å²) in [5.74, 6) is -8.70. The van der Waals surface area contributed by atoms with Crippen molar-refractivity contribution in [3.8, 4) is 0 Å². The second-order valence-electron chi connectivity index (χ2n) is 26.5. The van der Waals surface area contributed by atoms with E-state index in [1.807, 2.05) is 97.9 Å². The van der Waals surface area contributed by atoms with Crippen LogP contribution in [0.3, 0.4) is 0 Å². The Labute approximate surface area is 607 Å². The highest BCUT2D eigenvalue weighted by atomic mass is 16.4. The molecule has 0 bridgehead atoms. The Hall–Kier alpha value is -11.3. The van der Waals surface area contributed by atoms with Crippen LogP contribution in [0.25, 0.3) is 43.6 Å². The fourth-order valence-electron chi connectivity index (χ4n) is 12.8. The standard InChI is InChI=1S/C74H101N21O10/c1-3-42(2)63(95-64(96)51(77)22-12-14-30-75)71(103)94-62(37-46-41-87-55-26-11-7-21-50(46)55)70(102)93-61(36-45-40-86-54-25-10-6-20-49(45)54)69(101)92-60(35-44-39-85-53-24-9-5-19-48(44)53)68(100)91-59(34-43-38-84-52-23-8-4-18-47(43)52)67(99)89-57(28-16-32-82-73(78)79)65(97)88-56(27-13-15-31-76)66(98)90-58(72(104)105)29-17-33-83-74(80)81/h4-11,18-21,23-26,38-42,51,56-63,84-87H,3,12-17,22,27-37,75-77H2,1-2H3,(H,88,97)(H,89,99)(H,90,98)(H,91,100)(H,92,101)(H,93,102)(H,94,103)(H,95,96)(H,104,105)(H4,78,79,82)(H4,80,81,83)/t42-,51-,56-,57-,58-,59-,60-,61-,62-,63-/m0/s1. The predicted molar refractivity (Wildman–Crippen MR) is 403 cm³/mol. The van der Waals surface area contributed by atoms with Gasteiger partial charge in [-0.15, -0.1) is 0 Å². The molecule has 8 rings (SSSR count). The van der Waals surface area contributed by atoms with E-state index < -0.39 is 114 Å². The van der Waals surface area contributed by atoms with Gasteiger partial charge in [-0.3, -0.25) is 49.2 Å². The number of amides is 8. The summed E-state index contributed by atoms with van der Waals surface area (Å²) in [6.45, 7) is 4.55. The first-order chi connectivity index (χ1) is 50.5. The number of carbonyl (C=O) groups excluding carboxylic acids is 8. The van der Waals surface area contributed by atoms with Crippen LogP contribution >= 0.6 is 0 Å². The summed E-state index contributed by atoms with van der Waals surface area (Å²) in [5, 5.41) is 56.3. The van der Waals surface area contributed by atoms with E-state index in [0.717, 1.165) is 21.8 Å². The van der Waals surface area contributed by atoms with Gasteiger partial charge in [0.1, 0.15) is 48.3 Å². The fraction of sp³-hybridized carbons (Fsp3) is 0.419. The number of hydrogen-bond donors (Lipinski definition) is 22. The third kappa shape index (κ3) is 22.8. The molecule has 0 unspecified atom stereocenters. The van der Waals surface area contributed by atoms with Crippen molar-refractivity contribution in [2.24, 2.45) is 34.6 Å². The van der Waals surface area contributed by atoms with E-state index in [-0.39, 0.29) is 89.3 Å². The van der Waals surface area contributed by atoms with Gasteiger partial charge in [0.2, 0.25) is 47.3 Å². The van der Waals surface area contributed by atoms with Gasteiger partial charge in [0, 0.05) is 107 Å². The number of carboxylic acid groups (broad SMARTS) is 1. The molecule has 0 aliphatic heterocycles. The van der Waals surface area contributed by atoms with Crippen LogP contribution in [0.5, 0.6) is 0 Å². The van der Waals surface area contributed by atoms with Crippen molar-refractivity contribution >= 4 is 109 Å². The molecule has 27 N–H and O–H groups in total. The second kappa shape index (κ2) is 39.4. The van der Waals surface area contributed by atoms with Gasteiger partial charge in [0.15, 0.2) is 11.9 Å². The summed E-state index contributed by atoms with van der Waals surface area (Å²) in [6.07, 6.45) is 9.17. The minimum atomic E-state index is -1.52. The topological polar surface area (TPSA) is 535 Å². The summed E-state index contributed by atoms with van der Waals surface area (Å²) in [4.78, 5) is 145. The Balaban J connectivity index is 1.15. The van der Waals surface area contributed by atoms with Gasteiger partial charge in [0.05, 0.1) is 6.04 Å². The van der Waals surface area contributed by atoms with Gasteiger partial charge in [-0.05, 0) is 123 Å². The van der Waals surface area contributed by atoms with Crippen LogP contribution in [0.4, 0.5) is 0 Å². The number of fused-ring (bicyclic) bond motifs is 4. The summed E-state index contributed by atoms with van der Waals surface area (Å²) >= 11 is 0. The number of aromatic nitrogens is 4. The molecule has 4 aromatic carbocycles. The maximum absolute atomic E-state index is 15.8. The molecular formula is C74H101N21O10. The van der Waals surface area contributed by atoms with Gasteiger partial charge >= 0.3 is 5.97 Å². The number of unbranched alkanes of at least 4 members (excludes halogenated alkanes) is 2. The maximum Gasteiger partial charge on any atom is 0.326 e. The van der Waals surface area contributed by atoms with E-state index in [0.29, 0.717) is 89.1 Å². The minimum absolute atomic E-state index is 0.0171. The van der Waals surface area contributed by atoms with Crippen molar-refractivity contribution in [1.82, 2.24) is 73.1 Å². The number of para-hydroxylation sites is 4. The molecule has 562 valence electrons. The number of carbonyl (C=O) groups is 9. The number of benzene rings is 4. The molecule has 0 spiro atoms. The number of nitrogens with two attached hydrogens (primary N) is 5. The number of aliphatic carboxylic acids is 1. The molecule has 4 heterocycles. The zero-order valence-corrected chi connectivity index (χ0v) is 59.3. The first kappa shape index (κ1) is 79.4. The van der Waals surface area contributed by atoms with Gasteiger partial charge in [-0.25, -0.2) is 4.79 Å². The van der Waals surface area contributed by atoms with Crippen LogP contribution in [0.15, 0.2) is 122 Å². The predicted octanol–water partition coefficient (Wildman–Crippen LogP) is 2.00. The lowest BCUT2D eigenvalue weighted by Gasteiger charge is -2.29. The summed E-state index contributed by atoms with van der Waals surface area (Å²) in [5.41, 5.74) is 34.3. The van der Waals surface area contributed by atoms with Crippen LogP contribution in [-0.4, -0.2) is 171 Å². The number of rotatable bonds is 43. The minimum Gasteiger partial charge on any atom is -0.480 e. The Morgan fingerprint density at radius 2 is 0.695 bits per heavy atom. The monoisotopic (exact) mass is 1440 g/mol. The van der Waals surface area contributed by atoms with Crippen LogP contribution in [-0.2, 0) is 68.8 Å². The number of aromatic amines is 4. The lowest BCUT2D eigenvalue weighted by molar-refractivity contribution is -0.142. The van der Waals surface area contributed by atoms with Crippen LogP contribution in [0.2, 0.25) is 0 Å². The SMILES string of the molecule is CC[C@H](C)[C@H](NC(=O)[C@@H](N)CCCCN)C(=O)N[C@@H](Cc1c[nH]c2ccccc12)C(=O)N[C@@H](Cc1c[nH]c2ccccc12)C(=O)N[C@@H](Cc1c[nH]c2ccccc12)C(=O)N[C@@H](Cc1c[nH]c2ccccc12)C(=O)N[C@@H](CCCNC(=N)N)C(=O)N[C@@H](CCCCN)C(=O)N[C@@H](CCCNC(=N)N)C(=O)O. The number of nitrogens with one attached hydrogen (secondary N) is 16. The van der Waals surface area contributed by atoms with Gasteiger partial charge < -0.3 is 107 Å². The van der Waals surface area contributed by atoms with Gasteiger partial charge in [0.25, 0.3) is 0 Å². The zero-order chi connectivity index (χ0) is 75.5. The number of guanidine groups is 2. The van der Waals surface area contributed by atoms with Crippen molar-refractivity contribution < 1.29 is 48.3 Å².